The fourth-order valence-electron chi connectivity index (χ4n) is 3.41. The predicted molar refractivity (Wildman–Crippen MR) is 102 cm³/mol. The number of hydrogen-bond donors (Lipinski definition) is 0. The van der Waals surface area contributed by atoms with Crippen LogP contribution in [0.5, 0.6) is 0 Å². The van der Waals surface area contributed by atoms with Gasteiger partial charge in [0.05, 0.1) is 31.1 Å². The van der Waals surface area contributed by atoms with Crippen LogP contribution in [0, 0.1) is 0 Å². The highest BCUT2D eigenvalue weighted by Gasteiger charge is 2.23. The molecule has 0 aromatic carbocycles. The maximum Gasteiger partial charge on any atom is 0.0902 e. The van der Waals surface area contributed by atoms with Crippen molar-refractivity contribution in [2.45, 2.75) is 52.2 Å². The average Bonchev–Trinajstić information content (AvgIpc) is 3.27. The molecule has 1 atom stereocenters. The van der Waals surface area contributed by atoms with E-state index < -0.39 is 0 Å². The van der Waals surface area contributed by atoms with E-state index in [0.717, 1.165) is 31.7 Å². The number of aromatic nitrogens is 5. The van der Waals surface area contributed by atoms with E-state index in [2.05, 4.69) is 50.9 Å². The van der Waals surface area contributed by atoms with E-state index in [0.29, 0.717) is 12.6 Å². The Bertz CT molecular complexity index is 856. The summed E-state index contributed by atoms with van der Waals surface area (Å²) in [5.41, 5.74) is 3.59. The van der Waals surface area contributed by atoms with Crippen LogP contribution in [0.4, 0.5) is 0 Å². The molecule has 0 N–H and O–H groups in total. The van der Waals surface area contributed by atoms with Crippen molar-refractivity contribution < 1.29 is 4.74 Å². The third kappa shape index (κ3) is 4.43. The number of ether oxygens (including phenoxy) is 1. The quantitative estimate of drug-likeness (QED) is 0.671. The number of fused-ring (bicyclic) bond motifs is 1. The van der Waals surface area contributed by atoms with Gasteiger partial charge in [-0.25, -0.2) is 0 Å². The summed E-state index contributed by atoms with van der Waals surface area (Å²) in [6.45, 7) is 8.23. The van der Waals surface area contributed by atoms with Gasteiger partial charge < -0.3 is 4.74 Å². The van der Waals surface area contributed by atoms with Crippen LogP contribution in [0.3, 0.4) is 0 Å². The Morgan fingerprint density at radius 3 is 2.70 bits per heavy atom. The van der Waals surface area contributed by atoms with Gasteiger partial charge in [-0.2, -0.15) is 10.2 Å². The first-order valence-corrected chi connectivity index (χ1v) is 9.44. The van der Waals surface area contributed by atoms with Gasteiger partial charge in [0.2, 0.25) is 0 Å². The standard InChI is InChI=1S/C20H26N6O/c1-16(2)25-11-18(9-23-25)10-24-12-19-5-8-22-26(19)14-20(13-24)27-15-17-3-6-21-7-4-17/h3-9,11,16,20H,10,12-15H2,1-2H3/t20-/m0/s1. The Morgan fingerprint density at radius 2 is 1.93 bits per heavy atom. The van der Waals surface area contributed by atoms with E-state index in [-0.39, 0.29) is 6.10 Å². The van der Waals surface area contributed by atoms with Crippen LogP contribution in [0.25, 0.3) is 0 Å². The third-order valence-electron chi connectivity index (χ3n) is 4.85. The Kier molecular flexibility index (Phi) is 5.31. The lowest BCUT2D eigenvalue weighted by Crippen LogP contribution is -2.32. The first-order chi connectivity index (χ1) is 13.2. The molecule has 7 nitrogen and oxygen atoms in total. The van der Waals surface area contributed by atoms with E-state index in [4.69, 9.17) is 4.74 Å². The Hall–Kier alpha value is -2.51. The minimum Gasteiger partial charge on any atom is -0.370 e. The molecule has 0 spiro atoms. The zero-order valence-electron chi connectivity index (χ0n) is 15.9. The van der Waals surface area contributed by atoms with Crippen molar-refractivity contribution in [3.63, 3.8) is 0 Å². The molecule has 0 fully saturated rings. The summed E-state index contributed by atoms with van der Waals surface area (Å²) in [4.78, 5) is 6.48. The van der Waals surface area contributed by atoms with E-state index in [1.165, 1.54) is 11.3 Å². The Labute approximate surface area is 159 Å². The summed E-state index contributed by atoms with van der Waals surface area (Å²) in [5, 5.41) is 8.94. The van der Waals surface area contributed by atoms with Crippen molar-refractivity contribution in [1.29, 1.82) is 0 Å². The van der Waals surface area contributed by atoms with Crippen molar-refractivity contribution >= 4 is 0 Å². The highest BCUT2D eigenvalue weighted by atomic mass is 16.5. The molecule has 7 heteroatoms. The monoisotopic (exact) mass is 366 g/mol. The molecule has 0 saturated heterocycles. The van der Waals surface area contributed by atoms with Gasteiger partial charge in [0.1, 0.15) is 0 Å². The third-order valence-corrected chi connectivity index (χ3v) is 4.85. The summed E-state index contributed by atoms with van der Waals surface area (Å²) in [5.74, 6) is 0. The highest BCUT2D eigenvalue weighted by molar-refractivity contribution is 5.09. The Balaban J connectivity index is 1.46. The summed E-state index contributed by atoms with van der Waals surface area (Å²) in [6, 6.07) is 6.46. The topological polar surface area (TPSA) is 61.0 Å². The molecule has 4 rings (SSSR count). The predicted octanol–water partition coefficient (Wildman–Crippen LogP) is 2.66. The lowest BCUT2D eigenvalue weighted by Gasteiger charge is -2.23. The van der Waals surface area contributed by atoms with Crippen LogP contribution in [0.1, 0.15) is 36.7 Å². The summed E-state index contributed by atoms with van der Waals surface area (Å²) in [6.07, 6.45) is 9.66. The van der Waals surface area contributed by atoms with Crippen molar-refractivity contribution in [3.8, 4) is 0 Å². The first kappa shape index (κ1) is 17.9. The van der Waals surface area contributed by atoms with Crippen molar-refractivity contribution in [1.82, 2.24) is 29.4 Å². The maximum absolute atomic E-state index is 6.24. The molecular weight excluding hydrogens is 340 g/mol. The van der Waals surface area contributed by atoms with Crippen LogP contribution in [-0.4, -0.2) is 42.1 Å². The van der Waals surface area contributed by atoms with Crippen molar-refractivity contribution in [3.05, 3.63) is 66.0 Å². The molecule has 0 amide bonds. The molecule has 0 aliphatic carbocycles. The van der Waals surface area contributed by atoms with Crippen molar-refractivity contribution in [2.24, 2.45) is 0 Å². The van der Waals surface area contributed by atoms with Gasteiger partial charge in [0.15, 0.2) is 0 Å². The SMILES string of the molecule is CC(C)n1cc(CN2Cc3ccnn3C[C@@H](OCc3ccncc3)C2)cn1. The van der Waals surface area contributed by atoms with Crippen LogP contribution in [-0.2, 0) is 31.0 Å². The number of rotatable bonds is 6. The molecule has 4 heterocycles. The molecule has 1 aliphatic rings. The smallest absolute Gasteiger partial charge is 0.0902 e. The van der Waals surface area contributed by atoms with Gasteiger partial charge in [0, 0.05) is 56.0 Å². The molecule has 0 saturated carbocycles. The molecule has 142 valence electrons. The molecule has 0 unspecified atom stereocenters. The fraction of sp³-hybridized carbons (Fsp3) is 0.450. The fourth-order valence-corrected chi connectivity index (χ4v) is 3.41. The second kappa shape index (κ2) is 8.02. The second-order valence-corrected chi connectivity index (χ2v) is 7.39. The van der Waals surface area contributed by atoms with Crippen molar-refractivity contribution in [2.75, 3.05) is 6.54 Å². The van der Waals surface area contributed by atoms with E-state index >= 15 is 0 Å². The van der Waals surface area contributed by atoms with E-state index in [9.17, 15) is 0 Å². The zero-order chi connectivity index (χ0) is 18.6. The Morgan fingerprint density at radius 1 is 1.07 bits per heavy atom. The number of pyridine rings is 1. The second-order valence-electron chi connectivity index (χ2n) is 7.39. The van der Waals surface area contributed by atoms with E-state index in [1.807, 2.05) is 29.2 Å². The van der Waals surface area contributed by atoms with Gasteiger partial charge in [-0.3, -0.25) is 19.2 Å². The molecule has 27 heavy (non-hydrogen) atoms. The van der Waals surface area contributed by atoms with Crippen LogP contribution in [0.2, 0.25) is 0 Å². The number of nitrogens with zero attached hydrogens (tertiary/aromatic N) is 6. The minimum absolute atomic E-state index is 0.0828. The minimum atomic E-state index is 0.0828. The van der Waals surface area contributed by atoms with Gasteiger partial charge in [-0.1, -0.05) is 0 Å². The number of hydrogen-bond acceptors (Lipinski definition) is 5. The molecule has 1 aliphatic heterocycles. The molecule has 0 radical (unpaired) electrons. The van der Waals surface area contributed by atoms with E-state index in [1.54, 1.807) is 12.4 Å². The average molecular weight is 366 g/mol. The molecule has 3 aromatic heterocycles. The van der Waals surface area contributed by atoms with Gasteiger partial charge in [-0.15, -0.1) is 0 Å². The lowest BCUT2D eigenvalue weighted by atomic mass is 10.2. The lowest BCUT2D eigenvalue weighted by molar-refractivity contribution is 0.00716. The van der Waals surface area contributed by atoms with Crippen LogP contribution >= 0.6 is 0 Å². The maximum atomic E-state index is 6.24. The van der Waals surface area contributed by atoms with Crippen LogP contribution in [0.15, 0.2) is 49.2 Å². The van der Waals surface area contributed by atoms with Gasteiger partial charge in [-0.05, 0) is 37.6 Å². The molecule has 0 bridgehead atoms. The van der Waals surface area contributed by atoms with Gasteiger partial charge >= 0.3 is 0 Å². The largest absolute Gasteiger partial charge is 0.370 e. The summed E-state index contributed by atoms with van der Waals surface area (Å²) < 4.78 is 10.3. The zero-order valence-corrected chi connectivity index (χ0v) is 15.9. The van der Waals surface area contributed by atoms with Crippen LogP contribution < -0.4 is 0 Å². The summed E-state index contributed by atoms with van der Waals surface area (Å²) >= 11 is 0. The molecular formula is C20H26N6O. The summed E-state index contributed by atoms with van der Waals surface area (Å²) in [7, 11) is 0. The van der Waals surface area contributed by atoms with Gasteiger partial charge in [0.25, 0.3) is 0 Å². The first-order valence-electron chi connectivity index (χ1n) is 9.44. The highest BCUT2D eigenvalue weighted by Crippen LogP contribution is 2.18. The normalized spacial score (nSPS) is 17.8. The molecule has 3 aromatic rings.